The highest BCUT2D eigenvalue weighted by atomic mass is 79.9. The molecule has 0 atom stereocenters. The second kappa shape index (κ2) is 6.13. The molecule has 2 aromatic carbocycles. The second-order valence-corrected chi connectivity index (χ2v) is 5.36. The summed E-state index contributed by atoms with van der Waals surface area (Å²) in [6.07, 6.45) is 0. The number of aryl methyl sites for hydroxylation is 2. The van der Waals surface area contributed by atoms with Crippen molar-refractivity contribution in [3.05, 3.63) is 56.0 Å². The Kier molecular flexibility index (Phi) is 4.47. The third-order valence-electron chi connectivity index (χ3n) is 3.00. The van der Waals surface area contributed by atoms with Crippen LogP contribution in [0.4, 0.5) is 5.69 Å². The second-order valence-electron chi connectivity index (χ2n) is 4.56. The molecule has 0 spiro atoms. The normalized spacial score (nSPS) is 10.3. The summed E-state index contributed by atoms with van der Waals surface area (Å²) in [7, 11) is 1.50. The Morgan fingerprint density at radius 1 is 1.10 bits per heavy atom. The maximum Gasteiger partial charge on any atom is 0.311 e. The first-order chi connectivity index (χ1) is 9.92. The highest BCUT2D eigenvalue weighted by Crippen LogP contribution is 2.36. The fraction of sp³-hybridized carbons (Fsp3) is 0.200. The number of methoxy groups -OCH3 is 1. The number of nitrogens with zero attached hydrogens (tertiary/aromatic N) is 1. The van der Waals surface area contributed by atoms with E-state index in [0.29, 0.717) is 11.5 Å². The van der Waals surface area contributed by atoms with Crippen LogP contribution in [0.2, 0.25) is 0 Å². The summed E-state index contributed by atoms with van der Waals surface area (Å²) >= 11 is 3.48. The molecule has 0 aliphatic carbocycles. The predicted molar refractivity (Wildman–Crippen MR) is 83.3 cm³/mol. The van der Waals surface area contributed by atoms with Crippen LogP contribution in [-0.4, -0.2) is 12.0 Å². The molecular weight excluding hydrogens is 338 g/mol. The van der Waals surface area contributed by atoms with Gasteiger partial charge in [-0.25, -0.2) is 0 Å². The maximum atomic E-state index is 11.1. The number of hydrogen-bond acceptors (Lipinski definition) is 4. The average molecular weight is 352 g/mol. The molecule has 0 unspecified atom stereocenters. The van der Waals surface area contributed by atoms with E-state index in [9.17, 15) is 10.1 Å². The van der Waals surface area contributed by atoms with Crippen molar-refractivity contribution in [3.63, 3.8) is 0 Å². The third kappa shape index (κ3) is 3.33. The first-order valence-electron chi connectivity index (χ1n) is 6.19. The zero-order chi connectivity index (χ0) is 15.6. The molecule has 0 aliphatic heterocycles. The van der Waals surface area contributed by atoms with Crippen molar-refractivity contribution < 1.29 is 14.4 Å². The molecule has 110 valence electrons. The lowest BCUT2D eigenvalue weighted by molar-refractivity contribution is -0.385. The molecule has 0 amide bonds. The molecule has 0 fully saturated rings. The van der Waals surface area contributed by atoms with Gasteiger partial charge in [0.05, 0.1) is 12.0 Å². The molecule has 0 aliphatic rings. The van der Waals surface area contributed by atoms with Crippen molar-refractivity contribution >= 4 is 21.6 Å². The standard InChI is InChI=1S/C15H14BrNO4/c1-9-6-12(7-10(2)15(9)16)21-14-8-11(20-3)4-5-13(14)17(18)19/h4-8H,1-3H3. The Balaban J connectivity index is 2.45. The monoisotopic (exact) mass is 351 g/mol. The molecule has 0 saturated heterocycles. The van der Waals surface area contributed by atoms with Crippen LogP contribution in [0, 0.1) is 24.0 Å². The molecule has 2 rings (SSSR count). The van der Waals surface area contributed by atoms with E-state index in [4.69, 9.17) is 9.47 Å². The molecule has 0 heterocycles. The summed E-state index contributed by atoms with van der Waals surface area (Å²) in [6.45, 7) is 3.87. The number of rotatable bonds is 4. The lowest BCUT2D eigenvalue weighted by atomic mass is 10.1. The summed E-state index contributed by atoms with van der Waals surface area (Å²) in [5.74, 6) is 1.20. The molecule has 21 heavy (non-hydrogen) atoms. The maximum absolute atomic E-state index is 11.1. The number of nitro benzene ring substituents is 1. The van der Waals surface area contributed by atoms with Crippen LogP contribution in [-0.2, 0) is 0 Å². The van der Waals surface area contributed by atoms with Crippen molar-refractivity contribution in [2.45, 2.75) is 13.8 Å². The minimum absolute atomic E-state index is 0.103. The van der Waals surface area contributed by atoms with Crippen LogP contribution in [0.1, 0.15) is 11.1 Å². The lowest BCUT2D eigenvalue weighted by Crippen LogP contribution is -1.95. The molecule has 6 heteroatoms. The molecule has 0 N–H and O–H groups in total. The van der Waals surface area contributed by atoms with Crippen molar-refractivity contribution in [1.82, 2.24) is 0 Å². The smallest absolute Gasteiger partial charge is 0.311 e. The molecule has 0 radical (unpaired) electrons. The number of halogens is 1. The van der Waals surface area contributed by atoms with Gasteiger partial charge in [-0.05, 0) is 43.2 Å². The average Bonchev–Trinajstić information content (AvgIpc) is 2.44. The van der Waals surface area contributed by atoms with E-state index in [1.54, 1.807) is 0 Å². The van der Waals surface area contributed by atoms with Gasteiger partial charge in [0.15, 0.2) is 0 Å². The topological polar surface area (TPSA) is 61.6 Å². The van der Waals surface area contributed by atoms with Crippen LogP contribution in [0.3, 0.4) is 0 Å². The Morgan fingerprint density at radius 2 is 1.71 bits per heavy atom. The Bertz CT molecular complexity index is 677. The minimum Gasteiger partial charge on any atom is -0.497 e. The van der Waals surface area contributed by atoms with Gasteiger partial charge >= 0.3 is 5.69 Å². The third-order valence-corrected chi connectivity index (χ3v) is 4.25. The van der Waals surface area contributed by atoms with Crippen LogP contribution in [0.25, 0.3) is 0 Å². The van der Waals surface area contributed by atoms with Gasteiger partial charge in [-0.3, -0.25) is 10.1 Å². The minimum atomic E-state index is -0.479. The summed E-state index contributed by atoms with van der Waals surface area (Å²) in [5, 5.41) is 11.1. The van der Waals surface area contributed by atoms with Crippen LogP contribution < -0.4 is 9.47 Å². The van der Waals surface area contributed by atoms with Crippen molar-refractivity contribution in [1.29, 1.82) is 0 Å². The predicted octanol–water partition coefficient (Wildman–Crippen LogP) is 4.78. The highest BCUT2D eigenvalue weighted by molar-refractivity contribution is 9.10. The summed E-state index contributed by atoms with van der Waals surface area (Å²) in [6, 6.07) is 8.04. The molecular formula is C15H14BrNO4. The van der Waals surface area contributed by atoms with Gasteiger partial charge in [0, 0.05) is 16.6 Å². The van der Waals surface area contributed by atoms with Gasteiger partial charge in [0.25, 0.3) is 0 Å². The van der Waals surface area contributed by atoms with Crippen LogP contribution >= 0.6 is 15.9 Å². The molecule has 0 bridgehead atoms. The van der Waals surface area contributed by atoms with Gasteiger partial charge in [-0.2, -0.15) is 0 Å². The first kappa shape index (κ1) is 15.3. The van der Waals surface area contributed by atoms with Gasteiger partial charge in [-0.15, -0.1) is 0 Å². The van der Waals surface area contributed by atoms with E-state index in [1.807, 2.05) is 26.0 Å². The van der Waals surface area contributed by atoms with Gasteiger partial charge in [-0.1, -0.05) is 15.9 Å². The number of benzene rings is 2. The van der Waals surface area contributed by atoms with Crippen LogP contribution in [0.15, 0.2) is 34.8 Å². The SMILES string of the molecule is COc1ccc([N+](=O)[O-])c(Oc2cc(C)c(Br)c(C)c2)c1. The van der Waals surface area contributed by atoms with E-state index in [0.717, 1.165) is 15.6 Å². The number of hydrogen-bond donors (Lipinski definition) is 0. The van der Waals surface area contributed by atoms with E-state index in [-0.39, 0.29) is 11.4 Å². The summed E-state index contributed by atoms with van der Waals surface area (Å²) < 4.78 is 11.8. The largest absolute Gasteiger partial charge is 0.497 e. The van der Waals surface area contributed by atoms with Crippen molar-refractivity contribution in [2.24, 2.45) is 0 Å². The quantitative estimate of drug-likeness (QED) is 0.587. The Morgan fingerprint density at radius 3 is 2.24 bits per heavy atom. The lowest BCUT2D eigenvalue weighted by Gasteiger charge is -2.11. The molecule has 2 aromatic rings. The first-order valence-corrected chi connectivity index (χ1v) is 6.98. The van der Waals surface area contributed by atoms with Crippen molar-refractivity contribution in [3.8, 4) is 17.2 Å². The molecule has 0 aromatic heterocycles. The van der Waals surface area contributed by atoms with Gasteiger partial charge in [0.1, 0.15) is 11.5 Å². The zero-order valence-electron chi connectivity index (χ0n) is 11.8. The summed E-state index contributed by atoms with van der Waals surface area (Å²) in [5.41, 5.74) is 1.89. The Labute approximate surface area is 130 Å². The van der Waals surface area contributed by atoms with E-state index < -0.39 is 4.92 Å². The van der Waals surface area contributed by atoms with Crippen molar-refractivity contribution in [2.75, 3.05) is 7.11 Å². The summed E-state index contributed by atoms with van der Waals surface area (Å²) in [4.78, 5) is 10.6. The van der Waals surface area contributed by atoms with E-state index in [2.05, 4.69) is 15.9 Å². The number of ether oxygens (including phenoxy) is 2. The zero-order valence-corrected chi connectivity index (χ0v) is 13.4. The van der Waals surface area contributed by atoms with E-state index >= 15 is 0 Å². The molecule has 0 saturated carbocycles. The number of nitro groups is 1. The highest BCUT2D eigenvalue weighted by Gasteiger charge is 2.17. The fourth-order valence-electron chi connectivity index (χ4n) is 1.95. The fourth-order valence-corrected chi connectivity index (χ4v) is 2.17. The van der Waals surface area contributed by atoms with Gasteiger partial charge in [0.2, 0.25) is 5.75 Å². The molecule has 5 nitrogen and oxygen atoms in total. The van der Waals surface area contributed by atoms with Crippen LogP contribution in [0.5, 0.6) is 17.2 Å². The Hall–Kier alpha value is -2.08. The van der Waals surface area contributed by atoms with E-state index in [1.165, 1.54) is 25.3 Å². The van der Waals surface area contributed by atoms with Gasteiger partial charge < -0.3 is 9.47 Å².